The van der Waals surface area contributed by atoms with Crippen LogP contribution in [0.5, 0.6) is 0 Å². The number of hydrogen-bond acceptors (Lipinski definition) is 4. The van der Waals surface area contributed by atoms with Gasteiger partial charge in [-0.1, -0.05) is 34.3 Å². The lowest BCUT2D eigenvalue weighted by atomic mass is 10.5. The molecular formula is C9H13BrN4S. The van der Waals surface area contributed by atoms with Gasteiger partial charge in [0.1, 0.15) is 5.82 Å². The van der Waals surface area contributed by atoms with Crippen molar-refractivity contribution >= 4 is 27.7 Å². The molecule has 1 heterocycles. The van der Waals surface area contributed by atoms with Crippen molar-refractivity contribution in [3.63, 3.8) is 0 Å². The van der Waals surface area contributed by atoms with Crippen LogP contribution in [0.15, 0.2) is 16.2 Å². The van der Waals surface area contributed by atoms with Crippen molar-refractivity contribution in [2.75, 3.05) is 5.75 Å². The van der Waals surface area contributed by atoms with E-state index in [0.717, 1.165) is 21.2 Å². The maximum Gasteiger partial charge on any atom is 0.191 e. The lowest BCUT2D eigenvalue weighted by molar-refractivity contribution is 0.626. The second-order valence-corrected chi connectivity index (χ2v) is 5.57. The molecule has 1 aliphatic carbocycles. The van der Waals surface area contributed by atoms with Crippen molar-refractivity contribution in [1.29, 1.82) is 0 Å². The second-order valence-electron chi connectivity index (χ2n) is 3.51. The van der Waals surface area contributed by atoms with Crippen molar-refractivity contribution < 1.29 is 0 Å². The van der Waals surface area contributed by atoms with Crippen molar-refractivity contribution in [2.45, 2.75) is 30.6 Å². The van der Waals surface area contributed by atoms with Crippen LogP contribution in [0.2, 0.25) is 0 Å². The number of thioether (sulfide) groups is 1. The van der Waals surface area contributed by atoms with Gasteiger partial charge in [-0.05, 0) is 17.3 Å². The van der Waals surface area contributed by atoms with E-state index in [2.05, 4.69) is 37.3 Å². The molecule has 0 unspecified atom stereocenters. The standard InChI is InChI=1S/C9H13BrN4S/c1-6(10)5-15-9-13-12-8(4-11)14(9)7-2-3-7/h7H,1-5,11H2. The molecule has 1 saturated carbocycles. The van der Waals surface area contributed by atoms with Crippen molar-refractivity contribution in [3.8, 4) is 0 Å². The molecule has 2 rings (SSSR count). The summed E-state index contributed by atoms with van der Waals surface area (Å²) in [5, 5.41) is 9.21. The topological polar surface area (TPSA) is 56.7 Å². The third kappa shape index (κ3) is 2.62. The molecule has 0 amide bonds. The van der Waals surface area contributed by atoms with Gasteiger partial charge in [0.05, 0.1) is 6.54 Å². The van der Waals surface area contributed by atoms with Crippen molar-refractivity contribution in [1.82, 2.24) is 14.8 Å². The van der Waals surface area contributed by atoms with Crippen molar-refractivity contribution in [3.05, 3.63) is 16.9 Å². The minimum Gasteiger partial charge on any atom is -0.324 e. The van der Waals surface area contributed by atoms with Gasteiger partial charge in [0, 0.05) is 11.8 Å². The van der Waals surface area contributed by atoms with E-state index in [1.54, 1.807) is 11.8 Å². The first-order valence-corrected chi connectivity index (χ1v) is 6.60. The first kappa shape index (κ1) is 11.2. The van der Waals surface area contributed by atoms with Crippen LogP contribution in [0.3, 0.4) is 0 Å². The number of rotatable bonds is 5. The van der Waals surface area contributed by atoms with E-state index < -0.39 is 0 Å². The van der Waals surface area contributed by atoms with E-state index in [4.69, 9.17) is 5.73 Å². The lowest BCUT2D eigenvalue weighted by Crippen LogP contribution is -2.08. The van der Waals surface area contributed by atoms with Crippen LogP contribution in [0.1, 0.15) is 24.7 Å². The smallest absolute Gasteiger partial charge is 0.191 e. The summed E-state index contributed by atoms with van der Waals surface area (Å²) in [6, 6.07) is 0.574. The van der Waals surface area contributed by atoms with Crippen molar-refractivity contribution in [2.24, 2.45) is 5.73 Å². The quantitative estimate of drug-likeness (QED) is 0.843. The number of nitrogens with two attached hydrogens (primary N) is 1. The lowest BCUT2D eigenvalue weighted by Gasteiger charge is -2.06. The van der Waals surface area contributed by atoms with Crippen LogP contribution >= 0.6 is 27.7 Å². The molecule has 0 radical (unpaired) electrons. The molecular weight excluding hydrogens is 276 g/mol. The summed E-state index contributed by atoms with van der Waals surface area (Å²) in [5.41, 5.74) is 5.63. The summed E-state index contributed by atoms with van der Waals surface area (Å²) in [7, 11) is 0. The molecule has 1 aromatic rings. The molecule has 1 aliphatic rings. The summed E-state index contributed by atoms with van der Waals surface area (Å²) in [5.74, 6) is 1.70. The number of hydrogen-bond donors (Lipinski definition) is 1. The monoisotopic (exact) mass is 288 g/mol. The zero-order valence-corrected chi connectivity index (χ0v) is 10.7. The van der Waals surface area contributed by atoms with E-state index in [-0.39, 0.29) is 0 Å². The molecule has 0 aromatic carbocycles. The molecule has 0 bridgehead atoms. The predicted octanol–water partition coefficient (Wildman–Crippen LogP) is 2.07. The Morgan fingerprint density at radius 3 is 2.87 bits per heavy atom. The SMILES string of the molecule is C=C(Br)CSc1nnc(CN)n1C1CC1. The molecule has 82 valence electrons. The number of aromatic nitrogens is 3. The van der Waals surface area contributed by atoms with Gasteiger partial charge in [-0.3, -0.25) is 0 Å². The number of nitrogens with zero attached hydrogens (tertiary/aromatic N) is 3. The molecule has 15 heavy (non-hydrogen) atoms. The molecule has 1 aromatic heterocycles. The molecule has 0 spiro atoms. The summed E-state index contributed by atoms with van der Waals surface area (Å²) < 4.78 is 3.13. The maximum atomic E-state index is 5.63. The average molecular weight is 289 g/mol. The van der Waals surface area contributed by atoms with Crippen LogP contribution < -0.4 is 5.73 Å². The first-order valence-electron chi connectivity index (χ1n) is 4.82. The van der Waals surface area contributed by atoms with Gasteiger partial charge < -0.3 is 10.3 Å². The van der Waals surface area contributed by atoms with E-state index >= 15 is 0 Å². The van der Waals surface area contributed by atoms with Gasteiger partial charge in [-0.2, -0.15) is 0 Å². The highest BCUT2D eigenvalue weighted by atomic mass is 79.9. The van der Waals surface area contributed by atoms with E-state index in [9.17, 15) is 0 Å². The fourth-order valence-corrected chi connectivity index (χ4v) is 2.51. The highest BCUT2D eigenvalue weighted by Crippen LogP contribution is 2.38. The van der Waals surface area contributed by atoms with Crippen LogP contribution in [0, 0.1) is 0 Å². The Kier molecular flexibility index (Phi) is 3.48. The van der Waals surface area contributed by atoms with Gasteiger partial charge >= 0.3 is 0 Å². The fraction of sp³-hybridized carbons (Fsp3) is 0.556. The maximum absolute atomic E-state index is 5.63. The molecule has 4 nitrogen and oxygen atoms in total. The van der Waals surface area contributed by atoms with Gasteiger partial charge in [0.25, 0.3) is 0 Å². The third-order valence-corrected chi connectivity index (χ3v) is 3.87. The predicted molar refractivity (Wildman–Crippen MR) is 65.0 cm³/mol. The zero-order valence-electron chi connectivity index (χ0n) is 8.32. The third-order valence-electron chi connectivity index (χ3n) is 2.19. The molecule has 1 fully saturated rings. The first-order chi connectivity index (χ1) is 7.22. The Labute approximate surface area is 101 Å². The van der Waals surface area contributed by atoms with Gasteiger partial charge in [-0.25, -0.2) is 0 Å². The van der Waals surface area contributed by atoms with E-state index in [1.807, 2.05) is 0 Å². The largest absolute Gasteiger partial charge is 0.324 e. The van der Waals surface area contributed by atoms with E-state index in [0.29, 0.717) is 12.6 Å². The van der Waals surface area contributed by atoms with Crippen LogP contribution in [-0.4, -0.2) is 20.5 Å². The number of halogens is 1. The molecule has 2 N–H and O–H groups in total. The average Bonchev–Trinajstić information content (AvgIpc) is 2.96. The normalized spacial score (nSPS) is 15.6. The highest BCUT2D eigenvalue weighted by molar-refractivity contribution is 9.11. The van der Waals surface area contributed by atoms with Crippen LogP contribution in [0.25, 0.3) is 0 Å². The summed E-state index contributed by atoms with van der Waals surface area (Å²) in [6.07, 6.45) is 2.43. The fourth-order valence-electron chi connectivity index (χ4n) is 1.39. The summed E-state index contributed by atoms with van der Waals surface area (Å²) >= 11 is 4.98. The van der Waals surface area contributed by atoms with E-state index in [1.165, 1.54) is 12.8 Å². The highest BCUT2D eigenvalue weighted by Gasteiger charge is 2.28. The van der Waals surface area contributed by atoms with Gasteiger partial charge in [0.2, 0.25) is 0 Å². The Hall–Kier alpha value is -0.330. The molecule has 6 heteroatoms. The zero-order chi connectivity index (χ0) is 10.8. The Bertz CT molecular complexity index is 372. The van der Waals surface area contributed by atoms with Crippen LogP contribution in [0.4, 0.5) is 0 Å². The molecule has 0 atom stereocenters. The minimum absolute atomic E-state index is 0.458. The molecule has 0 aliphatic heterocycles. The Balaban J connectivity index is 2.15. The Morgan fingerprint density at radius 1 is 1.60 bits per heavy atom. The Morgan fingerprint density at radius 2 is 2.33 bits per heavy atom. The van der Waals surface area contributed by atoms with Crippen LogP contribution in [-0.2, 0) is 6.54 Å². The van der Waals surface area contributed by atoms with Gasteiger partial charge in [-0.15, -0.1) is 10.2 Å². The second kappa shape index (κ2) is 4.67. The molecule has 0 saturated heterocycles. The summed E-state index contributed by atoms with van der Waals surface area (Å²) in [6.45, 7) is 4.26. The summed E-state index contributed by atoms with van der Waals surface area (Å²) in [4.78, 5) is 0. The van der Waals surface area contributed by atoms with Gasteiger partial charge in [0.15, 0.2) is 5.16 Å². The minimum atomic E-state index is 0.458.